The zero-order valence-corrected chi connectivity index (χ0v) is 28.9. The van der Waals surface area contributed by atoms with E-state index < -0.39 is 57.3 Å². The van der Waals surface area contributed by atoms with Crippen LogP contribution in [0.15, 0.2) is 55.1 Å². The highest BCUT2D eigenvalue weighted by Crippen LogP contribution is 2.42. The van der Waals surface area contributed by atoms with Crippen LogP contribution in [-0.4, -0.2) is 78.1 Å². The van der Waals surface area contributed by atoms with Crippen LogP contribution in [0, 0.1) is 24.7 Å². The number of allylic oxidation sites excluding steroid dienone is 1. The van der Waals surface area contributed by atoms with Gasteiger partial charge in [0.15, 0.2) is 0 Å². The Balaban J connectivity index is 1.36. The summed E-state index contributed by atoms with van der Waals surface area (Å²) in [6.07, 6.45) is 7.33. The second-order valence-corrected chi connectivity index (χ2v) is 15.7. The van der Waals surface area contributed by atoms with E-state index in [1.807, 2.05) is 36.6 Å². The van der Waals surface area contributed by atoms with E-state index in [1.54, 1.807) is 24.2 Å². The van der Waals surface area contributed by atoms with Gasteiger partial charge in [0, 0.05) is 36.8 Å². The van der Waals surface area contributed by atoms with Crippen LogP contribution in [0.3, 0.4) is 0 Å². The molecule has 2 N–H and O–H groups in total. The largest absolute Gasteiger partial charge is 0.446 e. The molecule has 14 heteroatoms. The van der Waals surface area contributed by atoms with E-state index in [9.17, 15) is 27.6 Å². The number of benzene rings is 1. The molecule has 0 saturated heterocycles. The van der Waals surface area contributed by atoms with Gasteiger partial charge in [0.05, 0.1) is 22.8 Å². The number of aromatic nitrogens is 1. The molecule has 12 nitrogen and oxygen atoms in total. The molecular weight excluding hydrogens is 655 g/mol. The average Bonchev–Trinajstić information content (AvgIpc) is 3.94. The lowest BCUT2D eigenvalue weighted by molar-refractivity contribution is -0.143. The van der Waals surface area contributed by atoms with E-state index in [2.05, 4.69) is 28.2 Å². The molecule has 3 aliphatic carbocycles. The first-order valence-electron chi connectivity index (χ1n) is 16.3. The lowest BCUT2D eigenvalue weighted by Crippen LogP contribution is -2.51. The molecule has 5 rings (SSSR count). The number of carbonyl (C=O) groups excluding carboxylic acids is 4. The van der Waals surface area contributed by atoms with E-state index in [4.69, 9.17) is 4.74 Å². The van der Waals surface area contributed by atoms with Crippen LogP contribution < -0.4 is 10.0 Å². The highest BCUT2D eigenvalue weighted by Gasteiger charge is 2.53. The maximum atomic E-state index is 14.3. The Hall–Kier alpha value is -4.04. The van der Waals surface area contributed by atoms with E-state index in [0.29, 0.717) is 31.5 Å². The fraction of sp³-hybridized carbons (Fsp3) is 0.500. The van der Waals surface area contributed by atoms with Crippen molar-refractivity contribution in [1.82, 2.24) is 19.5 Å². The minimum atomic E-state index is -3.94. The second-order valence-electron chi connectivity index (χ2n) is 12.8. The lowest BCUT2D eigenvalue weighted by atomic mass is 9.93. The highest BCUT2D eigenvalue weighted by molar-refractivity contribution is 7.90. The van der Waals surface area contributed by atoms with Crippen molar-refractivity contribution in [2.75, 3.05) is 18.9 Å². The summed E-state index contributed by atoms with van der Waals surface area (Å²) < 4.78 is 33.3. The van der Waals surface area contributed by atoms with Crippen LogP contribution in [0.4, 0.5) is 15.3 Å². The molecule has 48 heavy (non-hydrogen) atoms. The Bertz CT molecular complexity index is 1660. The SMILES string of the molecule is C=CCCCCN(C)C(=O)C1CC(OC(=O)Nc2cc(C)ccc2-c2nccs2)CC1C(=O)N(C(=O)NS(=O)(=O)C1CC1)C1CC1C=C. The van der Waals surface area contributed by atoms with Crippen molar-refractivity contribution >= 4 is 51.0 Å². The van der Waals surface area contributed by atoms with Gasteiger partial charge in [-0.2, -0.15) is 0 Å². The van der Waals surface area contributed by atoms with Gasteiger partial charge in [-0.3, -0.25) is 19.8 Å². The zero-order valence-electron chi connectivity index (χ0n) is 27.3. The summed E-state index contributed by atoms with van der Waals surface area (Å²) in [5.74, 6) is -3.06. The van der Waals surface area contributed by atoms with E-state index in [0.717, 1.165) is 40.3 Å². The highest BCUT2D eigenvalue weighted by atomic mass is 32.2. The molecule has 258 valence electrons. The molecule has 1 heterocycles. The van der Waals surface area contributed by atoms with Crippen molar-refractivity contribution in [3.05, 3.63) is 60.6 Å². The Labute approximate surface area is 285 Å². The summed E-state index contributed by atoms with van der Waals surface area (Å²) in [7, 11) is -2.27. The standard InChI is InChI=1S/C34H43N5O7S2/c1-5-7-8-9-15-38(4)31(40)26-19-23(46-34(43)36-28-17-21(3)10-13-25(28)30-35-14-16-47-30)20-27(26)32(41)39(29-18-22(29)6-2)33(42)37-48(44,45)24-11-12-24/h5-6,10,13-14,16-17,22-24,26-27,29H,1-2,7-9,11-12,15,18-20H2,3-4H3,(H,36,43)(H,37,42). The third-order valence-electron chi connectivity index (χ3n) is 9.12. The number of hydrogen-bond acceptors (Lipinski definition) is 9. The topological polar surface area (TPSA) is 155 Å². The van der Waals surface area contributed by atoms with Gasteiger partial charge in [-0.1, -0.05) is 18.2 Å². The fourth-order valence-corrected chi connectivity index (χ4v) is 8.18. The molecule has 2 aromatic rings. The van der Waals surface area contributed by atoms with Crippen molar-refractivity contribution in [3.63, 3.8) is 0 Å². The predicted octanol–water partition coefficient (Wildman–Crippen LogP) is 5.48. The number of ether oxygens (including phenoxy) is 1. The van der Waals surface area contributed by atoms with Crippen molar-refractivity contribution < 1.29 is 32.3 Å². The van der Waals surface area contributed by atoms with E-state index >= 15 is 0 Å². The number of urea groups is 1. The molecule has 1 aromatic carbocycles. The van der Waals surface area contributed by atoms with Gasteiger partial charge < -0.3 is 9.64 Å². The molecule has 3 fully saturated rings. The van der Waals surface area contributed by atoms with Gasteiger partial charge in [0.25, 0.3) is 0 Å². The van der Waals surface area contributed by atoms with Gasteiger partial charge in [-0.15, -0.1) is 24.5 Å². The number of imide groups is 1. The molecule has 0 bridgehead atoms. The molecule has 0 radical (unpaired) electrons. The quantitative estimate of drug-likeness (QED) is 0.194. The fourth-order valence-electron chi connectivity index (χ4n) is 6.24. The summed E-state index contributed by atoms with van der Waals surface area (Å²) in [6, 6.07) is 3.99. The number of nitrogens with zero attached hydrogens (tertiary/aromatic N) is 3. The summed E-state index contributed by atoms with van der Waals surface area (Å²) in [4.78, 5) is 61.7. The summed E-state index contributed by atoms with van der Waals surface area (Å²) >= 11 is 1.43. The van der Waals surface area contributed by atoms with Crippen LogP contribution in [-0.2, 0) is 24.3 Å². The number of sulfonamides is 1. The van der Waals surface area contributed by atoms with Crippen LogP contribution in [0.2, 0.25) is 0 Å². The number of aryl methyl sites for hydroxylation is 1. The third kappa shape index (κ3) is 8.32. The molecule has 1 aromatic heterocycles. The number of amides is 5. The van der Waals surface area contributed by atoms with Gasteiger partial charge in [0.1, 0.15) is 11.1 Å². The molecular formula is C34H43N5O7S2. The lowest BCUT2D eigenvalue weighted by Gasteiger charge is -2.29. The van der Waals surface area contributed by atoms with E-state index in [-0.39, 0.29) is 24.7 Å². The monoisotopic (exact) mass is 697 g/mol. The maximum Gasteiger partial charge on any atom is 0.411 e. The predicted molar refractivity (Wildman–Crippen MR) is 183 cm³/mol. The van der Waals surface area contributed by atoms with Gasteiger partial charge in [-0.25, -0.2) is 27.7 Å². The number of carbonyl (C=O) groups is 4. The molecule has 3 saturated carbocycles. The maximum absolute atomic E-state index is 14.3. The Morgan fingerprint density at radius 2 is 1.81 bits per heavy atom. The molecule has 5 atom stereocenters. The number of thiazole rings is 1. The van der Waals surface area contributed by atoms with Crippen molar-refractivity contribution in [2.24, 2.45) is 17.8 Å². The van der Waals surface area contributed by atoms with Gasteiger partial charge >= 0.3 is 12.1 Å². The van der Waals surface area contributed by atoms with Crippen LogP contribution in [0.1, 0.15) is 56.9 Å². The van der Waals surface area contributed by atoms with Crippen molar-refractivity contribution in [3.8, 4) is 10.6 Å². The van der Waals surface area contributed by atoms with Crippen LogP contribution in [0.5, 0.6) is 0 Å². The number of anilines is 1. The molecule has 0 spiro atoms. The average molecular weight is 698 g/mol. The van der Waals surface area contributed by atoms with Crippen molar-refractivity contribution in [2.45, 2.75) is 75.7 Å². The minimum absolute atomic E-state index is 0.00918. The smallest absolute Gasteiger partial charge is 0.411 e. The number of rotatable bonds is 14. The first kappa shape index (κ1) is 35.3. The van der Waals surface area contributed by atoms with Gasteiger partial charge in [0.2, 0.25) is 21.8 Å². The second kappa shape index (κ2) is 15.0. The number of hydrogen-bond donors (Lipinski definition) is 2. The van der Waals surface area contributed by atoms with Crippen LogP contribution >= 0.6 is 11.3 Å². The number of unbranched alkanes of at least 4 members (excludes halogenated alkanes) is 2. The summed E-state index contributed by atoms with van der Waals surface area (Å²) in [6.45, 7) is 9.86. The Morgan fingerprint density at radius 1 is 1.08 bits per heavy atom. The summed E-state index contributed by atoms with van der Waals surface area (Å²) in [5, 5.41) is 4.70. The van der Waals surface area contributed by atoms with Gasteiger partial charge in [-0.05, 0) is 81.9 Å². The van der Waals surface area contributed by atoms with Crippen LogP contribution in [0.25, 0.3) is 10.6 Å². The summed E-state index contributed by atoms with van der Waals surface area (Å²) in [5.41, 5.74) is 2.15. The zero-order chi connectivity index (χ0) is 34.6. The van der Waals surface area contributed by atoms with Crippen molar-refractivity contribution in [1.29, 1.82) is 0 Å². The minimum Gasteiger partial charge on any atom is -0.446 e. The molecule has 0 aliphatic heterocycles. The Morgan fingerprint density at radius 3 is 2.44 bits per heavy atom. The first-order chi connectivity index (χ1) is 22.9. The van der Waals surface area contributed by atoms with E-state index in [1.165, 1.54) is 11.3 Å². The first-order valence-corrected chi connectivity index (χ1v) is 18.7. The Kier molecular flexibility index (Phi) is 11.0. The molecule has 5 unspecified atom stereocenters. The normalized spacial score (nSPS) is 23.1. The molecule has 3 aliphatic rings. The third-order valence-corrected chi connectivity index (χ3v) is 11.7. The molecule has 5 amide bonds. The number of nitrogens with one attached hydrogen (secondary N) is 2.